The maximum atomic E-state index is 5.54. The van der Waals surface area contributed by atoms with Crippen LogP contribution in [0.5, 0.6) is 5.75 Å². The Morgan fingerprint density at radius 1 is 0.581 bits per heavy atom. The SMILES string of the molecule is COc1ccc2c3ccc(-c4cccc5ccccc45)cc3n(-c3ccccc3)c2c1. The van der Waals surface area contributed by atoms with Gasteiger partial charge in [0.05, 0.1) is 18.1 Å². The van der Waals surface area contributed by atoms with Crippen molar-refractivity contribution >= 4 is 32.6 Å². The number of aromatic nitrogens is 1. The molecule has 0 saturated carbocycles. The number of ether oxygens (including phenoxy) is 1. The van der Waals surface area contributed by atoms with E-state index in [0.29, 0.717) is 0 Å². The predicted molar refractivity (Wildman–Crippen MR) is 130 cm³/mol. The Kier molecular flexibility index (Phi) is 4.03. The first-order chi connectivity index (χ1) is 15.3. The van der Waals surface area contributed by atoms with Crippen LogP contribution in [0.4, 0.5) is 0 Å². The number of rotatable bonds is 3. The van der Waals surface area contributed by atoms with Gasteiger partial charge >= 0.3 is 0 Å². The van der Waals surface area contributed by atoms with Gasteiger partial charge in [0.1, 0.15) is 5.75 Å². The molecule has 0 atom stereocenters. The Balaban J connectivity index is 1.70. The molecule has 0 aliphatic rings. The van der Waals surface area contributed by atoms with Gasteiger partial charge in [-0.15, -0.1) is 0 Å². The second-order valence-corrected chi connectivity index (χ2v) is 7.81. The molecule has 0 amide bonds. The smallest absolute Gasteiger partial charge is 0.120 e. The van der Waals surface area contributed by atoms with Crippen LogP contribution in [0.15, 0.2) is 109 Å². The summed E-state index contributed by atoms with van der Waals surface area (Å²) in [5.74, 6) is 0.863. The molecule has 0 bridgehead atoms. The third-order valence-electron chi connectivity index (χ3n) is 6.09. The van der Waals surface area contributed by atoms with Gasteiger partial charge in [0.25, 0.3) is 0 Å². The molecule has 0 aliphatic heterocycles. The zero-order chi connectivity index (χ0) is 20.8. The van der Waals surface area contributed by atoms with Gasteiger partial charge in [0, 0.05) is 22.5 Å². The third-order valence-corrected chi connectivity index (χ3v) is 6.09. The fourth-order valence-corrected chi connectivity index (χ4v) is 4.63. The van der Waals surface area contributed by atoms with E-state index < -0.39 is 0 Å². The normalized spacial score (nSPS) is 11.4. The van der Waals surface area contributed by atoms with Crippen molar-refractivity contribution < 1.29 is 4.74 Å². The van der Waals surface area contributed by atoms with E-state index in [2.05, 4.69) is 108 Å². The highest BCUT2D eigenvalue weighted by atomic mass is 16.5. The molecule has 2 heteroatoms. The van der Waals surface area contributed by atoms with Crippen LogP contribution in [0.1, 0.15) is 0 Å². The van der Waals surface area contributed by atoms with E-state index in [1.54, 1.807) is 7.11 Å². The van der Waals surface area contributed by atoms with E-state index in [1.165, 1.54) is 38.2 Å². The van der Waals surface area contributed by atoms with Crippen molar-refractivity contribution in [2.45, 2.75) is 0 Å². The Bertz CT molecular complexity index is 1560. The molecule has 0 aliphatic carbocycles. The van der Waals surface area contributed by atoms with E-state index >= 15 is 0 Å². The lowest BCUT2D eigenvalue weighted by Crippen LogP contribution is -1.94. The molecule has 1 heterocycles. The highest BCUT2D eigenvalue weighted by Crippen LogP contribution is 2.37. The van der Waals surface area contributed by atoms with Crippen LogP contribution in [-0.2, 0) is 0 Å². The maximum Gasteiger partial charge on any atom is 0.120 e. The number of hydrogen-bond donors (Lipinski definition) is 0. The Morgan fingerprint density at radius 2 is 1.29 bits per heavy atom. The average Bonchev–Trinajstić information content (AvgIpc) is 3.17. The summed E-state index contributed by atoms with van der Waals surface area (Å²) in [5, 5.41) is 5.00. The van der Waals surface area contributed by atoms with Crippen molar-refractivity contribution in [1.29, 1.82) is 0 Å². The number of methoxy groups -OCH3 is 1. The van der Waals surface area contributed by atoms with Crippen molar-refractivity contribution in [2.24, 2.45) is 0 Å². The van der Waals surface area contributed by atoms with Crippen molar-refractivity contribution in [1.82, 2.24) is 4.57 Å². The zero-order valence-electron chi connectivity index (χ0n) is 17.2. The Hall–Kier alpha value is -4.04. The molecule has 0 unspecified atom stereocenters. The molecule has 0 fully saturated rings. The summed E-state index contributed by atoms with van der Waals surface area (Å²) in [7, 11) is 1.72. The van der Waals surface area contributed by atoms with Gasteiger partial charge in [-0.2, -0.15) is 0 Å². The molecule has 0 spiro atoms. The van der Waals surface area contributed by atoms with E-state index in [0.717, 1.165) is 17.0 Å². The predicted octanol–water partition coefficient (Wildman–Crippen LogP) is 7.61. The minimum atomic E-state index is 0.863. The van der Waals surface area contributed by atoms with Gasteiger partial charge in [0.2, 0.25) is 0 Å². The number of fused-ring (bicyclic) bond motifs is 4. The third kappa shape index (κ3) is 2.80. The first-order valence-electron chi connectivity index (χ1n) is 10.5. The second-order valence-electron chi connectivity index (χ2n) is 7.81. The highest BCUT2D eigenvalue weighted by molar-refractivity contribution is 6.11. The molecule has 2 nitrogen and oxygen atoms in total. The minimum Gasteiger partial charge on any atom is -0.497 e. The summed E-state index contributed by atoms with van der Waals surface area (Å²) < 4.78 is 7.87. The molecule has 0 N–H and O–H groups in total. The van der Waals surface area contributed by atoms with Gasteiger partial charge in [-0.05, 0) is 52.2 Å². The van der Waals surface area contributed by atoms with E-state index in [4.69, 9.17) is 4.74 Å². The van der Waals surface area contributed by atoms with Crippen molar-refractivity contribution in [3.05, 3.63) is 109 Å². The molecule has 148 valence electrons. The van der Waals surface area contributed by atoms with Gasteiger partial charge in [-0.1, -0.05) is 72.8 Å². The second kappa shape index (κ2) is 7.03. The molecule has 0 saturated heterocycles. The molecule has 5 aromatic carbocycles. The van der Waals surface area contributed by atoms with Crippen molar-refractivity contribution in [3.63, 3.8) is 0 Å². The van der Waals surface area contributed by atoms with Gasteiger partial charge in [-0.3, -0.25) is 0 Å². The first-order valence-corrected chi connectivity index (χ1v) is 10.5. The van der Waals surface area contributed by atoms with Gasteiger partial charge in [0.15, 0.2) is 0 Å². The fraction of sp³-hybridized carbons (Fsp3) is 0.0345. The van der Waals surface area contributed by atoms with Gasteiger partial charge < -0.3 is 9.30 Å². The van der Waals surface area contributed by atoms with Crippen molar-refractivity contribution in [3.8, 4) is 22.6 Å². The molecule has 6 aromatic rings. The van der Waals surface area contributed by atoms with Crippen LogP contribution in [0.3, 0.4) is 0 Å². The lowest BCUT2D eigenvalue weighted by molar-refractivity contribution is 0.415. The van der Waals surface area contributed by atoms with Crippen LogP contribution in [0.2, 0.25) is 0 Å². The molecule has 6 rings (SSSR count). The minimum absolute atomic E-state index is 0.863. The van der Waals surface area contributed by atoms with Crippen LogP contribution < -0.4 is 4.74 Å². The lowest BCUT2D eigenvalue weighted by atomic mass is 9.97. The standard InChI is InChI=1S/C29H21NO/c1-31-23-15-17-27-26-16-14-21(25-13-7-9-20-8-5-6-12-24(20)25)18-28(26)30(29(27)19-23)22-10-3-2-4-11-22/h2-19H,1H3. The monoisotopic (exact) mass is 399 g/mol. The van der Waals surface area contributed by atoms with Crippen molar-refractivity contribution in [2.75, 3.05) is 7.11 Å². The average molecular weight is 399 g/mol. The van der Waals surface area contributed by atoms with E-state index in [9.17, 15) is 0 Å². The highest BCUT2D eigenvalue weighted by Gasteiger charge is 2.14. The van der Waals surface area contributed by atoms with E-state index in [-0.39, 0.29) is 0 Å². The van der Waals surface area contributed by atoms with Crippen LogP contribution in [0.25, 0.3) is 49.4 Å². The topological polar surface area (TPSA) is 14.2 Å². The summed E-state index contributed by atoms with van der Waals surface area (Å²) in [4.78, 5) is 0. The summed E-state index contributed by atoms with van der Waals surface area (Å²) >= 11 is 0. The molecule has 1 aromatic heterocycles. The number of benzene rings is 5. The molecule has 0 radical (unpaired) electrons. The molecule has 31 heavy (non-hydrogen) atoms. The van der Waals surface area contributed by atoms with E-state index in [1.807, 2.05) is 6.07 Å². The first kappa shape index (κ1) is 17.8. The number of hydrogen-bond acceptors (Lipinski definition) is 1. The summed E-state index contributed by atoms with van der Waals surface area (Å²) in [6.45, 7) is 0. The van der Waals surface area contributed by atoms with Crippen LogP contribution in [0, 0.1) is 0 Å². The summed E-state index contributed by atoms with van der Waals surface area (Å²) in [6.07, 6.45) is 0. The fourth-order valence-electron chi connectivity index (χ4n) is 4.63. The number of nitrogens with zero attached hydrogens (tertiary/aromatic N) is 1. The van der Waals surface area contributed by atoms with Crippen LogP contribution >= 0.6 is 0 Å². The summed E-state index contributed by atoms with van der Waals surface area (Å²) in [5.41, 5.74) is 5.96. The Labute approximate surface area is 180 Å². The quantitative estimate of drug-likeness (QED) is 0.299. The largest absolute Gasteiger partial charge is 0.497 e. The molecular weight excluding hydrogens is 378 g/mol. The van der Waals surface area contributed by atoms with Gasteiger partial charge in [-0.25, -0.2) is 0 Å². The maximum absolute atomic E-state index is 5.54. The molecular formula is C29H21NO. The lowest BCUT2D eigenvalue weighted by Gasteiger charge is -2.10. The van der Waals surface area contributed by atoms with Crippen LogP contribution in [-0.4, -0.2) is 11.7 Å². The zero-order valence-corrected chi connectivity index (χ0v) is 17.2. The summed E-state index contributed by atoms with van der Waals surface area (Å²) in [6, 6.07) is 38.8. The Morgan fingerprint density at radius 3 is 2.13 bits per heavy atom. The number of para-hydroxylation sites is 1.